The molecule has 0 aliphatic carbocycles. The van der Waals surface area contributed by atoms with Crippen molar-refractivity contribution in [2.45, 2.75) is 39.0 Å². The molecule has 37 heavy (non-hydrogen) atoms. The van der Waals surface area contributed by atoms with Gasteiger partial charge in [-0.2, -0.15) is 5.10 Å². The van der Waals surface area contributed by atoms with Gasteiger partial charge in [0.25, 0.3) is 0 Å². The number of hydrogen-bond donors (Lipinski definition) is 2. The quantitative estimate of drug-likeness (QED) is 0.263. The zero-order valence-corrected chi connectivity index (χ0v) is 22.3. The van der Waals surface area contributed by atoms with Gasteiger partial charge in [0.15, 0.2) is 0 Å². The van der Waals surface area contributed by atoms with E-state index >= 15 is 0 Å². The van der Waals surface area contributed by atoms with E-state index < -0.39 is 0 Å². The Morgan fingerprint density at radius 1 is 1.08 bits per heavy atom. The molecule has 4 aromatic rings. The molecule has 0 saturated carbocycles. The maximum atomic E-state index is 4.72. The van der Waals surface area contributed by atoms with Crippen LogP contribution in [0.2, 0.25) is 0 Å². The minimum Gasteiger partial charge on any atom is -0.371 e. The molecule has 4 heterocycles. The fourth-order valence-electron chi connectivity index (χ4n) is 5.34. The molecule has 6 nitrogen and oxygen atoms in total. The van der Waals surface area contributed by atoms with Crippen LogP contribution < -0.4 is 0 Å². The Morgan fingerprint density at radius 3 is 2.70 bits per heavy atom. The second kappa shape index (κ2) is 11.2. The van der Waals surface area contributed by atoms with Gasteiger partial charge in [-0.15, -0.1) is 0 Å². The summed E-state index contributed by atoms with van der Waals surface area (Å²) in [5, 5.41) is 9.05. The number of nitrogens with one attached hydrogen (secondary N) is 2. The summed E-state index contributed by atoms with van der Waals surface area (Å²) in [6.07, 6.45) is 13.9. The second-order valence-corrected chi connectivity index (χ2v) is 10.4. The van der Waals surface area contributed by atoms with Crippen molar-refractivity contribution in [3.05, 3.63) is 78.3 Å². The Hall–Kier alpha value is -3.64. The summed E-state index contributed by atoms with van der Waals surface area (Å²) in [5.74, 6) is 0. The van der Waals surface area contributed by atoms with Crippen LogP contribution in [0, 0.1) is 6.92 Å². The number of fused-ring (bicyclic) bond motifs is 1. The maximum Gasteiger partial charge on any atom is 0.116 e. The van der Waals surface area contributed by atoms with Crippen LogP contribution in [-0.4, -0.2) is 63.7 Å². The molecule has 5 rings (SSSR count). The molecular weight excluding hydrogens is 456 g/mol. The number of aromatic nitrogens is 4. The van der Waals surface area contributed by atoms with Gasteiger partial charge in [0.05, 0.1) is 11.2 Å². The molecule has 0 atom stereocenters. The summed E-state index contributed by atoms with van der Waals surface area (Å²) >= 11 is 0. The number of benzene rings is 1. The zero-order valence-electron chi connectivity index (χ0n) is 22.3. The molecule has 0 spiro atoms. The first kappa shape index (κ1) is 25.0. The predicted molar refractivity (Wildman–Crippen MR) is 154 cm³/mol. The fourth-order valence-corrected chi connectivity index (χ4v) is 5.34. The number of nitrogens with zero attached hydrogens (tertiary/aromatic N) is 4. The zero-order chi connectivity index (χ0) is 25.8. The monoisotopic (exact) mass is 494 g/mol. The highest BCUT2D eigenvalue weighted by Gasteiger charge is 2.20. The number of allylic oxidation sites excluding steroid dienone is 2. The number of aromatic amines is 2. The van der Waals surface area contributed by atoms with E-state index in [1.54, 1.807) is 0 Å². The minimum atomic E-state index is 0.942. The molecule has 192 valence electrons. The van der Waals surface area contributed by atoms with Crippen LogP contribution >= 0.6 is 0 Å². The lowest BCUT2D eigenvalue weighted by Gasteiger charge is -2.31. The summed E-state index contributed by atoms with van der Waals surface area (Å²) in [7, 11) is 4.23. The van der Waals surface area contributed by atoms with Gasteiger partial charge in [-0.05, 0) is 101 Å². The molecular formula is C31H38N6. The second-order valence-electron chi connectivity index (χ2n) is 10.4. The fraction of sp³-hybridized carbons (Fsp3) is 0.355. The number of hydrogen-bond acceptors (Lipinski definition) is 4. The van der Waals surface area contributed by atoms with E-state index in [0.29, 0.717) is 0 Å². The summed E-state index contributed by atoms with van der Waals surface area (Å²) in [6, 6.07) is 11.0. The highest BCUT2D eigenvalue weighted by Crippen LogP contribution is 2.34. The van der Waals surface area contributed by atoms with Gasteiger partial charge in [-0.3, -0.25) is 10.1 Å². The molecule has 1 fully saturated rings. The molecule has 0 unspecified atom stereocenters. The highest BCUT2D eigenvalue weighted by atomic mass is 15.1. The van der Waals surface area contributed by atoms with Crippen LogP contribution in [0.5, 0.6) is 0 Å². The van der Waals surface area contributed by atoms with E-state index in [0.717, 1.165) is 71.6 Å². The average Bonchev–Trinajstić information content (AvgIpc) is 3.50. The van der Waals surface area contributed by atoms with E-state index in [1.165, 1.54) is 36.1 Å². The SMILES string of the molecule is C=C/C=C(\c1cc(-c2n[nH]c3ccc(-c4cncc(CCCN(C)C)c4)cc23)[nH]c1C)N1CCCCC1. The van der Waals surface area contributed by atoms with Gasteiger partial charge in [0.2, 0.25) is 0 Å². The van der Waals surface area contributed by atoms with Crippen molar-refractivity contribution in [3.8, 4) is 22.5 Å². The van der Waals surface area contributed by atoms with E-state index in [2.05, 4.69) is 88.9 Å². The van der Waals surface area contributed by atoms with Crippen molar-refractivity contribution in [1.29, 1.82) is 0 Å². The Labute approximate surface area is 220 Å². The molecule has 0 radical (unpaired) electrons. The van der Waals surface area contributed by atoms with E-state index in [9.17, 15) is 0 Å². The minimum absolute atomic E-state index is 0.942. The number of likely N-dealkylation sites (tertiary alicyclic amines) is 1. The molecule has 6 heteroatoms. The lowest BCUT2D eigenvalue weighted by molar-refractivity contribution is 0.326. The van der Waals surface area contributed by atoms with Crippen molar-refractivity contribution >= 4 is 16.6 Å². The van der Waals surface area contributed by atoms with Gasteiger partial charge in [0.1, 0.15) is 5.69 Å². The van der Waals surface area contributed by atoms with Crippen LogP contribution in [0.25, 0.3) is 39.1 Å². The summed E-state index contributed by atoms with van der Waals surface area (Å²) in [6.45, 7) is 9.39. The van der Waals surface area contributed by atoms with E-state index in [4.69, 9.17) is 5.10 Å². The lowest BCUT2D eigenvalue weighted by atomic mass is 10.0. The average molecular weight is 495 g/mol. The third-order valence-corrected chi connectivity index (χ3v) is 7.28. The van der Waals surface area contributed by atoms with Crippen LogP contribution in [0.15, 0.2) is 61.5 Å². The van der Waals surface area contributed by atoms with Gasteiger partial charge < -0.3 is 14.8 Å². The molecule has 1 saturated heterocycles. The molecule has 0 amide bonds. The van der Waals surface area contributed by atoms with Crippen molar-refractivity contribution in [1.82, 2.24) is 30.0 Å². The smallest absolute Gasteiger partial charge is 0.116 e. The van der Waals surface area contributed by atoms with Gasteiger partial charge in [0, 0.05) is 53.4 Å². The first-order chi connectivity index (χ1) is 18.0. The Balaban J connectivity index is 1.46. The molecule has 1 aromatic carbocycles. The molecule has 2 N–H and O–H groups in total. The lowest BCUT2D eigenvalue weighted by Crippen LogP contribution is -2.28. The molecule has 1 aliphatic rings. The van der Waals surface area contributed by atoms with Crippen molar-refractivity contribution in [2.75, 3.05) is 33.7 Å². The van der Waals surface area contributed by atoms with Crippen molar-refractivity contribution in [2.24, 2.45) is 0 Å². The largest absolute Gasteiger partial charge is 0.371 e. The standard InChI is InChI=1S/C31H38N6/c1-5-10-30(37-15-7-6-8-16-37)26-19-29(33-22(26)2)31-27-18-24(12-13-28(27)34-35-31)25-17-23(20-32-21-25)11-9-14-36(3)4/h5,10,12-13,17-21,33H,1,6-9,11,14-16H2,2-4H3,(H,34,35)/b30-10+. The number of H-pyrrole nitrogens is 2. The van der Waals surface area contributed by atoms with Gasteiger partial charge in [-0.1, -0.05) is 18.7 Å². The summed E-state index contributed by atoms with van der Waals surface area (Å²) in [4.78, 5) is 12.9. The molecule has 0 bridgehead atoms. The number of aryl methyl sites for hydroxylation is 2. The Bertz CT molecular complexity index is 1400. The molecule has 1 aliphatic heterocycles. The van der Waals surface area contributed by atoms with Crippen molar-refractivity contribution < 1.29 is 0 Å². The van der Waals surface area contributed by atoms with E-state index in [-0.39, 0.29) is 0 Å². The van der Waals surface area contributed by atoms with Crippen LogP contribution in [-0.2, 0) is 6.42 Å². The van der Waals surface area contributed by atoms with Crippen LogP contribution in [0.4, 0.5) is 0 Å². The van der Waals surface area contributed by atoms with E-state index in [1.807, 2.05) is 18.5 Å². The summed E-state index contributed by atoms with van der Waals surface area (Å²) in [5.41, 5.74) is 10.2. The number of rotatable bonds is 9. The topological polar surface area (TPSA) is 63.8 Å². The Kier molecular flexibility index (Phi) is 7.56. The Morgan fingerprint density at radius 2 is 1.92 bits per heavy atom. The van der Waals surface area contributed by atoms with Gasteiger partial charge >= 0.3 is 0 Å². The highest BCUT2D eigenvalue weighted by molar-refractivity contribution is 5.95. The summed E-state index contributed by atoms with van der Waals surface area (Å²) < 4.78 is 0. The molecule has 3 aromatic heterocycles. The number of piperidine rings is 1. The van der Waals surface area contributed by atoms with Crippen LogP contribution in [0.1, 0.15) is 42.5 Å². The third kappa shape index (κ3) is 5.54. The maximum absolute atomic E-state index is 4.72. The number of pyridine rings is 1. The van der Waals surface area contributed by atoms with Crippen molar-refractivity contribution in [3.63, 3.8) is 0 Å². The van der Waals surface area contributed by atoms with Crippen LogP contribution in [0.3, 0.4) is 0 Å². The predicted octanol–water partition coefficient (Wildman–Crippen LogP) is 6.44. The van der Waals surface area contributed by atoms with Gasteiger partial charge in [-0.25, -0.2) is 0 Å². The third-order valence-electron chi connectivity index (χ3n) is 7.28. The first-order valence-electron chi connectivity index (χ1n) is 13.4. The normalized spacial score (nSPS) is 14.6. The first-order valence-corrected chi connectivity index (χ1v) is 13.4.